The van der Waals surface area contributed by atoms with Crippen LogP contribution in [0, 0.1) is 5.41 Å². The van der Waals surface area contributed by atoms with E-state index in [0.717, 1.165) is 24.9 Å². The van der Waals surface area contributed by atoms with Gasteiger partial charge in [0.2, 0.25) is 5.91 Å². The van der Waals surface area contributed by atoms with Gasteiger partial charge in [-0.3, -0.25) is 9.59 Å². The Bertz CT molecular complexity index is 845. The number of nitrogens with zero attached hydrogens (tertiary/aromatic N) is 2. The molecule has 1 atom stereocenters. The first-order valence-electron chi connectivity index (χ1n) is 10.4. The molecule has 1 spiro atoms. The molecule has 29 heavy (non-hydrogen) atoms. The van der Waals surface area contributed by atoms with Crippen molar-refractivity contribution in [3.63, 3.8) is 0 Å². The molecule has 2 aromatic rings. The fraction of sp³-hybridized carbons (Fsp3) is 0.417. The van der Waals surface area contributed by atoms with Gasteiger partial charge in [-0.1, -0.05) is 48.5 Å². The summed E-state index contributed by atoms with van der Waals surface area (Å²) in [6.45, 7) is 4.65. The molecule has 5 heteroatoms. The summed E-state index contributed by atoms with van der Waals surface area (Å²) in [5, 5.41) is 0. The van der Waals surface area contributed by atoms with E-state index in [1.54, 1.807) is 6.92 Å². The zero-order valence-corrected chi connectivity index (χ0v) is 16.9. The van der Waals surface area contributed by atoms with E-state index in [2.05, 4.69) is 12.1 Å². The highest BCUT2D eigenvalue weighted by atomic mass is 16.5. The third-order valence-corrected chi connectivity index (χ3v) is 6.16. The molecule has 2 fully saturated rings. The monoisotopic (exact) mass is 392 g/mol. The van der Waals surface area contributed by atoms with Crippen molar-refractivity contribution in [1.29, 1.82) is 0 Å². The molecular weight excluding hydrogens is 364 g/mol. The van der Waals surface area contributed by atoms with Gasteiger partial charge in [0, 0.05) is 38.0 Å². The summed E-state index contributed by atoms with van der Waals surface area (Å²) in [4.78, 5) is 29.3. The summed E-state index contributed by atoms with van der Waals surface area (Å²) >= 11 is 0. The van der Waals surface area contributed by atoms with Crippen molar-refractivity contribution in [2.75, 3.05) is 19.6 Å². The van der Waals surface area contributed by atoms with Gasteiger partial charge in [-0.05, 0) is 37.5 Å². The number of hydrogen-bond acceptors (Lipinski definition) is 3. The lowest BCUT2D eigenvalue weighted by Gasteiger charge is -2.39. The normalized spacial score (nSPS) is 19.4. The van der Waals surface area contributed by atoms with Crippen LogP contribution in [0.15, 0.2) is 60.7 Å². The third kappa shape index (κ3) is 4.44. The Morgan fingerprint density at radius 3 is 2.31 bits per heavy atom. The number of carbonyl (C=O) groups is 2. The van der Waals surface area contributed by atoms with E-state index in [-0.39, 0.29) is 17.2 Å². The minimum atomic E-state index is -0.508. The Labute approximate surface area is 172 Å². The molecule has 0 radical (unpaired) electrons. The standard InChI is InChI=1S/C24H28N2O3/c1-19(29-21-10-6-3-7-11-21)23(28)25-14-12-24(13-15-25)16-22(27)26(18-24)17-20-8-4-2-5-9-20/h2-11,19H,12-18H2,1H3/t19-/m0/s1. The second-order valence-corrected chi connectivity index (χ2v) is 8.31. The summed E-state index contributed by atoms with van der Waals surface area (Å²) in [6, 6.07) is 19.6. The molecule has 2 saturated heterocycles. The smallest absolute Gasteiger partial charge is 0.263 e. The number of carbonyl (C=O) groups excluding carboxylic acids is 2. The van der Waals surface area contributed by atoms with Crippen LogP contribution >= 0.6 is 0 Å². The predicted molar refractivity (Wildman–Crippen MR) is 111 cm³/mol. The Balaban J connectivity index is 1.32. The van der Waals surface area contributed by atoms with Gasteiger partial charge in [-0.15, -0.1) is 0 Å². The lowest BCUT2D eigenvalue weighted by Crippen LogP contribution is -2.48. The summed E-state index contributed by atoms with van der Waals surface area (Å²) in [5.41, 5.74) is 1.17. The summed E-state index contributed by atoms with van der Waals surface area (Å²) in [5.74, 6) is 0.961. The van der Waals surface area contributed by atoms with E-state index in [1.165, 1.54) is 0 Å². The molecule has 0 bridgehead atoms. The molecule has 0 aromatic heterocycles. The van der Waals surface area contributed by atoms with Crippen LogP contribution in [0.1, 0.15) is 31.7 Å². The van der Waals surface area contributed by atoms with E-state index in [9.17, 15) is 9.59 Å². The number of para-hydroxylation sites is 1. The molecule has 0 N–H and O–H groups in total. The third-order valence-electron chi connectivity index (χ3n) is 6.16. The first kappa shape index (κ1) is 19.5. The average molecular weight is 392 g/mol. The largest absolute Gasteiger partial charge is 0.481 e. The molecule has 152 valence electrons. The lowest BCUT2D eigenvalue weighted by molar-refractivity contribution is -0.140. The van der Waals surface area contributed by atoms with Crippen molar-refractivity contribution in [3.8, 4) is 5.75 Å². The molecule has 2 heterocycles. The number of rotatable bonds is 5. The van der Waals surface area contributed by atoms with Crippen LogP contribution in [0.4, 0.5) is 0 Å². The molecular formula is C24H28N2O3. The maximum atomic E-state index is 12.8. The molecule has 2 aliphatic heterocycles. The van der Waals surface area contributed by atoms with Crippen LogP contribution in [-0.4, -0.2) is 47.4 Å². The van der Waals surface area contributed by atoms with Gasteiger partial charge >= 0.3 is 0 Å². The van der Waals surface area contributed by atoms with Crippen LogP contribution < -0.4 is 4.74 Å². The Hall–Kier alpha value is -2.82. The van der Waals surface area contributed by atoms with Gasteiger partial charge in [-0.25, -0.2) is 0 Å². The number of benzene rings is 2. The second-order valence-electron chi connectivity index (χ2n) is 8.31. The molecule has 5 nitrogen and oxygen atoms in total. The van der Waals surface area contributed by atoms with E-state index in [0.29, 0.717) is 31.8 Å². The molecule has 0 unspecified atom stereocenters. The van der Waals surface area contributed by atoms with Gasteiger partial charge in [0.1, 0.15) is 5.75 Å². The molecule has 2 aliphatic rings. The van der Waals surface area contributed by atoms with Gasteiger partial charge in [0.05, 0.1) is 0 Å². The lowest BCUT2D eigenvalue weighted by atomic mass is 9.77. The number of amides is 2. The minimum Gasteiger partial charge on any atom is -0.481 e. The first-order valence-corrected chi connectivity index (χ1v) is 10.4. The molecule has 2 aromatic carbocycles. The first-order chi connectivity index (χ1) is 14.0. The SMILES string of the molecule is C[C@H](Oc1ccccc1)C(=O)N1CCC2(CC1)CC(=O)N(Cc1ccccc1)C2. The highest BCUT2D eigenvalue weighted by molar-refractivity contribution is 5.81. The number of likely N-dealkylation sites (tertiary alicyclic amines) is 2. The summed E-state index contributed by atoms with van der Waals surface area (Å²) < 4.78 is 5.79. The van der Waals surface area contributed by atoms with Gasteiger partial charge in [0.25, 0.3) is 5.91 Å². The van der Waals surface area contributed by atoms with Crippen molar-refractivity contribution >= 4 is 11.8 Å². The number of piperidine rings is 1. The Morgan fingerprint density at radius 1 is 1.03 bits per heavy atom. The van der Waals surface area contributed by atoms with Crippen LogP contribution in [0.2, 0.25) is 0 Å². The maximum Gasteiger partial charge on any atom is 0.263 e. The average Bonchev–Trinajstić information content (AvgIpc) is 3.04. The van der Waals surface area contributed by atoms with E-state index >= 15 is 0 Å². The molecule has 0 saturated carbocycles. The van der Waals surface area contributed by atoms with Crippen molar-refractivity contribution < 1.29 is 14.3 Å². The topological polar surface area (TPSA) is 49.9 Å². The predicted octanol–water partition coefficient (Wildman–Crippen LogP) is 3.50. The van der Waals surface area contributed by atoms with Crippen molar-refractivity contribution in [3.05, 3.63) is 66.2 Å². The van der Waals surface area contributed by atoms with Crippen molar-refractivity contribution in [1.82, 2.24) is 9.80 Å². The van der Waals surface area contributed by atoms with E-state index < -0.39 is 6.10 Å². The summed E-state index contributed by atoms with van der Waals surface area (Å²) in [7, 11) is 0. The molecule has 2 amide bonds. The van der Waals surface area contributed by atoms with Gasteiger partial charge < -0.3 is 14.5 Å². The number of ether oxygens (including phenoxy) is 1. The highest BCUT2D eigenvalue weighted by Gasteiger charge is 2.45. The second kappa shape index (κ2) is 8.27. The summed E-state index contributed by atoms with van der Waals surface area (Å²) in [6.07, 6.45) is 1.82. The van der Waals surface area contributed by atoms with Crippen LogP contribution in [-0.2, 0) is 16.1 Å². The Morgan fingerprint density at radius 2 is 1.66 bits per heavy atom. The van der Waals surface area contributed by atoms with Crippen molar-refractivity contribution in [2.45, 2.75) is 38.8 Å². The quantitative estimate of drug-likeness (QED) is 0.783. The fourth-order valence-corrected chi connectivity index (χ4v) is 4.48. The fourth-order valence-electron chi connectivity index (χ4n) is 4.48. The maximum absolute atomic E-state index is 12.8. The minimum absolute atomic E-state index is 0.00612. The molecule has 4 rings (SSSR count). The zero-order valence-electron chi connectivity index (χ0n) is 16.9. The van der Waals surface area contributed by atoms with E-state index in [1.807, 2.05) is 58.3 Å². The van der Waals surface area contributed by atoms with Crippen molar-refractivity contribution in [2.24, 2.45) is 5.41 Å². The van der Waals surface area contributed by atoms with Gasteiger partial charge in [-0.2, -0.15) is 0 Å². The highest BCUT2D eigenvalue weighted by Crippen LogP contribution is 2.41. The van der Waals surface area contributed by atoms with E-state index in [4.69, 9.17) is 4.74 Å². The van der Waals surface area contributed by atoms with Crippen LogP contribution in [0.5, 0.6) is 5.75 Å². The Kier molecular flexibility index (Phi) is 5.56. The van der Waals surface area contributed by atoms with Crippen LogP contribution in [0.3, 0.4) is 0 Å². The zero-order chi connectivity index (χ0) is 20.3. The number of hydrogen-bond donors (Lipinski definition) is 0. The van der Waals surface area contributed by atoms with Gasteiger partial charge in [0.15, 0.2) is 6.10 Å². The molecule has 0 aliphatic carbocycles. The van der Waals surface area contributed by atoms with Crippen LogP contribution in [0.25, 0.3) is 0 Å².